The largest absolute Gasteiger partial charge is 0.388 e. The van der Waals surface area contributed by atoms with Gasteiger partial charge in [0.1, 0.15) is 31.8 Å². The van der Waals surface area contributed by atoms with Gasteiger partial charge in [0.2, 0.25) is 0 Å². The van der Waals surface area contributed by atoms with Crippen LogP contribution in [-0.4, -0.2) is 35.5 Å². The van der Waals surface area contributed by atoms with Crippen LogP contribution in [0, 0.1) is 0 Å². The predicted molar refractivity (Wildman–Crippen MR) is 71.9 cm³/mol. The fraction of sp³-hybridized carbons (Fsp3) is 0.538. The van der Waals surface area contributed by atoms with E-state index in [1.807, 2.05) is 18.2 Å². The molecular formula is C13H21BrNO2+. The molecule has 0 saturated carbocycles. The Morgan fingerprint density at radius 2 is 1.65 bits per heavy atom. The van der Waals surface area contributed by atoms with E-state index in [0.29, 0.717) is 13.1 Å². The van der Waals surface area contributed by atoms with E-state index in [2.05, 4.69) is 22.0 Å². The van der Waals surface area contributed by atoms with E-state index in [9.17, 15) is 10.2 Å². The molecule has 3 nitrogen and oxygen atoms in total. The normalized spacial score (nSPS) is 14.9. The smallest absolute Gasteiger partial charge is 0.104 e. The maximum absolute atomic E-state index is 9.47. The Hall–Kier alpha value is -0.420. The molecule has 0 fully saturated rings. The summed E-state index contributed by atoms with van der Waals surface area (Å²) in [7, 11) is 0. The van der Waals surface area contributed by atoms with E-state index >= 15 is 0 Å². The second-order valence-corrected chi connectivity index (χ2v) is 5.48. The highest BCUT2D eigenvalue weighted by atomic mass is 79.9. The molecule has 96 valence electrons. The van der Waals surface area contributed by atoms with Crippen LogP contribution in [0.5, 0.6) is 0 Å². The molecule has 17 heavy (non-hydrogen) atoms. The fourth-order valence-electron chi connectivity index (χ4n) is 1.97. The number of hydrogen-bond acceptors (Lipinski definition) is 2. The Morgan fingerprint density at radius 3 is 2.12 bits per heavy atom. The molecule has 4 heteroatoms. The molecule has 0 spiro atoms. The minimum atomic E-state index is -0.355. The van der Waals surface area contributed by atoms with Gasteiger partial charge in [-0.25, -0.2) is 0 Å². The summed E-state index contributed by atoms with van der Waals surface area (Å²) >= 11 is 3.52. The van der Waals surface area contributed by atoms with Crippen molar-refractivity contribution in [3.8, 4) is 0 Å². The van der Waals surface area contributed by atoms with Gasteiger partial charge in [-0.15, -0.1) is 0 Å². The van der Waals surface area contributed by atoms with Gasteiger partial charge < -0.3 is 15.1 Å². The van der Waals surface area contributed by atoms with E-state index in [0.717, 1.165) is 11.0 Å². The van der Waals surface area contributed by atoms with Crippen molar-refractivity contribution in [3.05, 3.63) is 34.3 Å². The molecule has 0 aliphatic rings. The molecular weight excluding hydrogens is 282 g/mol. The van der Waals surface area contributed by atoms with Gasteiger partial charge in [-0.3, -0.25) is 0 Å². The Morgan fingerprint density at radius 1 is 1.12 bits per heavy atom. The molecule has 1 rings (SSSR count). The first-order valence-corrected chi connectivity index (χ1v) is 6.71. The van der Waals surface area contributed by atoms with Crippen molar-refractivity contribution in [2.24, 2.45) is 0 Å². The van der Waals surface area contributed by atoms with Crippen LogP contribution in [0.15, 0.2) is 28.7 Å². The first kappa shape index (κ1) is 14.6. The molecule has 1 aromatic rings. The van der Waals surface area contributed by atoms with Gasteiger partial charge in [-0.1, -0.05) is 34.1 Å². The molecule has 0 aliphatic heterocycles. The number of aliphatic hydroxyl groups is 2. The highest BCUT2D eigenvalue weighted by Crippen LogP contribution is 2.14. The van der Waals surface area contributed by atoms with E-state index in [1.54, 1.807) is 13.8 Å². The zero-order valence-electron chi connectivity index (χ0n) is 10.4. The number of rotatable bonds is 6. The van der Waals surface area contributed by atoms with Crippen LogP contribution in [0.3, 0.4) is 0 Å². The summed E-state index contributed by atoms with van der Waals surface area (Å²) in [5, 5.41) is 18.9. The second kappa shape index (κ2) is 7.11. The van der Waals surface area contributed by atoms with Crippen molar-refractivity contribution in [2.75, 3.05) is 13.1 Å². The van der Waals surface area contributed by atoms with Gasteiger partial charge in [0.25, 0.3) is 0 Å². The summed E-state index contributed by atoms with van der Waals surface area (Å²) in [5.74, 6) is 0. The summed E-state index contributed by atoms with van der Waals surface area (Å²) in [4.78, 5) is 1.18. The van der Waals surface area contributed by atoms with Gasteiger partial charge in [0.15, 0.2) is 0 Å². The number of hydrogen-bond donors (Lipinski definition) is 3. The number of aliphatic hydroxyl groups excluding tert-OH is 2. The monoisotopic (exact) mass is 302 g/mol. The van der Waals surface area contributed by atoms with Crippen molar-refractivity contribution in [3.63, 3.8) is 0 Å². The molecule has 3 N–H and O–H groups in total. The van der Waals surface area contributed by atoms with Crippen molar-refractivity contribution in [2.45, 2.75) is 32.6 Å². The highest BCUT2D eigenvalue weighted by molar-refractivity contribution is 9.10. The Bertz CT molecular complexity index is 332. The second-order valence-electron chi connectivity index (χ2n) is 4.62. The Balaban J connectivity index is 2.68. The first-order valence-electron chi connectivity index (χ1n) is 5.92. The molecule has 0 saturated heterocycles. The van der Waals surface area contributed by atoms with E-state index in [-0.39, 0.29) is 12.2 Å². The van der Waals surface area contributed by atoms with Gasteiger partial charge in [-0.2, -0.15) is 0 Å². The number of nitrogens with one attached hydrogen (secondary N) is 1. The molecule has 0 aliphatic carbocycles. The van der Waals surface area contributed by atoms with Gasteiger partial charge in [0.05, 0.1) is 0 Å². The highest BCUT2D eigenvalue weighted by Gasteiger charge is 2.16. The van der Waals surface area contributed by atoms with Crippen molar-refractivity contribution in [1.29, 1.82) is 0 Å². The van der Waals surface area contributed by atoms with Crippen molar-refractivity contribution in [1.82, 2.24) is 0 Å². The number of quaternary nitrogens is 1. The fourth-order valence-corrected chi connectivity index (χ4v) is 2.40. The minimum Gasteiger partial charge on any atom is -0.388 e. The van der Waals surface area contributed by atoms with Gasteiger partial charge in [-0.05, 0) is 19.9 Å². The Kier molecular flexibility index (Phi) is 6.12. The third kappa shape index (κ3) is 5.64. The lowest BCUT2D eigenvalue weighted by molar-refractivity contribution is -0.919. The van der Waals surface area contributed by atoms with Crippen LogP contribution < -0.4 is 4.90 Å². The topological polar surface area (TPSA) is 44.9 Å². The third-order valence-corrected chi connectivity index (χ3v) is 3.34. The summed E-state index contributed by atoms with van der Waals surface area (Å²) in [6.07, 6.45) is -0.711. The standard InChI is InChI=1S/C13H20BrNO2/c1-10(16)7-15(8-11(2)17)9-12-5-3-4-6-13(12)14/h3-6,10-11,16-17H,7-9H2,1-2H3/p+1/t10-,11-/m0/s1. The van der Waals surface area contributed by atoms with E-state index in [1.165, 1.54) is 10.5 Å². The van der Waals surface area contributed by atoms with Gasteiger partial charge in [0, 0.05) is 10.0 Å². The van der Waals surface area contributed by atoms with E-state index < -0.39 is 0 Å². The molecule has 0 unspecified atom stereocenters. The zero-order chi connectivity index (χ0) is 12.8. The molecule has 1 aromatic carbocycles. The number of halogens is 1. The first-order chi connectivity index (χ1) is 7.99. The number of benzene rings is 1. The minimum absolute atomic E-state index is 0.355. The average molecular weight is 303 g/mol. The summed E-state index contributed by atoms with van der Waals surface area (Å²) in [6, 6.07) is 8.06. The molecule has 2 atom stereocenters. The van der Waals surface area contributed by atoms with Crippen LogP contribution in [-0.2, 0) is 6.54 Å². The zero-order valence-corrected chi connectivity index (χ0v) is 11.9. The summed E-state index contributed by atoms with van der Waals surface area (Å²) in [5.41, 5.74) is 1.20. The van der Waals surface area contributed by atoms with E-state index in [4.69, 9.17) is 0 Å². The molecule has 0 bridgehead atoms. The maximum Gasteiger partial charge on any atom is 0.104 e. The maximum atomic E-state index is 9.47. The lowest BCUT2D eigenvalue weighted by Crippen LogP contribution is -3.12. The molecule has 0 heterocycles. The molecule has 0 aromatic heterocycles. The third-order valence-electron chi connectivity index (χ3n) is 2.57. The SMILES string of the molecule is C[C@H](O)C[NH+](Cc1ccccc1Br)C[C@H](C)O. The van der Waals surface area contributed by atoms with Crippen molar-refractivity contribution >= 4 is 15.9 Å². The van der Waals surface area contributed by atoms with Crippen LogP contribution in [0.2, 0.25) is 0 Å². The van der Waals surface area contributed by atoms with Crippen LogP contribution in [0.4, 0.5) is 0 Å². The lowest BCUT2D eigenvalue weighted by atomic mass is 10.2. The van der Waals surface area contributed by atoms with Crippen LogP contribution >= 0.6 is 15.9 Å². The average Bonchev–Trinajstić information content (AvgIpc) is 2.19. The lowest BCUT2D eigenvalue weighted by Gasteiger charge is -2.22. The van der Waals surface area contributed by atoms with Gasteiger partial charge >= 0.3 is 0 Å². The summed E-state index contributed by atoms with van der Waals surface area (Å²) in [6.45, 7) is 5.65. The van der Waals surface area contributed by atoms with Crippen LogP contribution in [0.25, 0.3) is 0 Å². The quantitative estimate of drug-likeness (QED) is 0.720. The Labute approximate surface area is 111 Å². The molecule has 0 amide bonds. The predicted octanol–water partition coefficient (Wildman–Crippen LogP) is 0.596. The van der Waals surface area contributed by atoms with Crippen LogP contribution in [0.1, 0.15) is 19.4 Å². The summed E-state index contributed by atoms with van der Waals surface area (Å²) < 4.78 is 1.08. The van der Waals surface area contributed by atoms with Crippen molar-refractivity contribution < 1.29 is 15.1 Å². The molecule has 0 radical (unpaired) electrons.